The van der Waals surface area contributed by atoms with Crippen LogP contribution in [-0.2, 0) is 10.2 Å². The zero-order chi connectivity index (χ0) is 15.7. The summed E-state index contributed by atoms with van der Waals surface area (Å²) < 4.78 is 28.9. The summed E-state index contributed by atoms with van der Waals surface area (Å²) in [6.07, 6.45) is 3.18. The number of likely N-dealkylation sites (N-methyl/N-ethyl adjacent to an activating group) is 1. The molecule has 1 aliphatic heterocycles. The van der Waals surface area contributed by atoms with Gasteiger partial charge in [-0.3, -0.25) is 0 Å². The number of hydrogen-bond donors (Lipinski definition) is 2. The average molecular weight is 321 g/mol. The molecule has 1 saturated heterocycles. The molecule has 0 aromatic carbocycles. The average Bonchev–Trinajstić information content (AvgIpc) is 2.47. The molecule has 0 aromatic heterocycles. The Morgan fingerprint density at radius 2 is 2.05 bits per heavy atom. The van der Waals surface area contributed by atoms with Crippen LogP contribution in [0.5, 0.6) is 0 Å². The van der Waals surface area contributed by atoms with Crippen LogP contribution in [0, 0.1) is 5.92 Å². The molecule has 6 nitrogen and oxygen atoms in total. The molecule has 21 heavy (non-hydrogen) atoms. The van der Waals surface area contributed by atoms with Gasteiger partial charge < -0.3 is 10.2 Å². The normalized spacial score (nSPS) is 21.0. The lowest BCUT2D eigenvalue weighted by atomic mass is 10.00. The summed E-state index contributed by atoms with van der Waals surface area (Å²) in [6.45, 7) is 9.54. The standard InChI is InChI=1S/C14H32N4O2S/c1-4-8-15-12-14-7-6-10-18(13-14)21(19,20)16-9-11-17(3)5-2/h14-16H,4-13H2,1-3H3. The van der Waals surface area contributed by atoms with Gasteiger partial charge in [-0.15, -0.1) is 0 Å². The van der Waals surface area contributed by atoms with Gasteiger partial charge in [0, 0.05) is 26.2 Å². The lowest BCUT2D eigenvalue weighted by Gasteiger charge is -2.32. The Hall–Kier alpha value is -0.210. The van der Waals surface area contributed by atoms with E-state index in [1.807, 2.05) is 7.05 Å². The van der Waals surface area contributed by atoms with Crippen LogP contribution >= 0.6 is 0 Å². The fraction of sp³-hybridized carbons (Fsp3) is 1.00. The predicted molar refractivity (Wildman–Crippen MR) is 87.6 cm³/mol. The van der Waals surface area contributed by atoms with Crippen LogP contribution in [0.2, 0.25) is 0 Å². The van der Waals surface area contributed by atoms with Gasteiger partial charge in [-0.05, 0) is 51.9 Å². The lowest BCUT2D eigenvalue weighted by molar-refractivity contribution is 0.257. The van der Waals surface area contributed by atoms with E-state index in [1.54, 1.807) is 4.31 Å². The zero-order valence-electron chi connectivity index (χ0n) is 13.8. The molecule has 0 radical (unpaired) electrons. The number of hydrogen-bond acceptors (Lipinski definition) is 4. The Labute approximate surface area is 130 Å². The summed E-state index contributed by atoms with van der Waals surface area (Å²) >= 11 is 0. The monoisotopic (exact) mass is 320 g/mol. The second-order valence-electron chi connectivity index (χ2n) is 5.87. The van der Waals surface area contributed by atoms with Crippen LogP contribution in [0.25, 0.3) is 0 Å². The van der Waals surface area contributed by atoms with Gasteiger partial charge >= 0.3 is 0 Å². The van der Waals surface area contributed by atoms with Gasteiger partial charge in [0.2, 0.25) is 0 Å². The fourth-order valence-electron chi connectivity index (χ4n) is 2.51. The summed E-state index contributed by atoms with van der Waals surface area (Å²) in [5.74, 6) is 0.431. The first kappa shape index (κ1) is 18.8. The Bertz CT molecular complexity index is 375. The Kier molecular flexibility index (Phi) is 8.73. The van der Waals surface area contributed by atoms with Gasteiger partial charge in [-0.2, -0.15) is 12.7 Å². The number of nitrogens with zero attached hydrogens (tertiary/aromatic N) is 2. The molecular weight excluding hydrogens is 288 g/mol. The molecule has 126 valence electrons. The quantitative estimate of drug-likeness (QED) is 0.575. The fourth-order valence-corrected chi connectivity index (χ4v) is 3.82. The van der Waals surface area contributed by atoms with E-state index < -0.39 is 10.2 Å². The van der Waals surface area contributed by atoms with Crippen molar-refractivity contribution in [1.82, 2.24) is 19.2 Å². The summed E-state index contributed by atoms with van der Waals surface area (Å²) in [6, 6.07) is 0. The highest BCUT2D eigenvalue weighted by Gasteiger charge is 2.28. The lowest BCUT2D eigenvalue weighted by Crippen LogP contribution is -2.48. The van der Waals surface area contributed by atoms with E-state index in [0.717, 1.165) is 45.4 Å². The van der Waals surface area contributed by atoms with E-state index in [-0.39, 0.29) is 0 Å². The van der Waals surface area contributed by atoms with E-state index in [0.29, 0.717) is 25.6 Å². The van der Waals surface area contributed by atoms with Crippen LogP contribution in [-0.4, -0.2) is 70.5 Å². The molecule has 1 heterocycles. The maximum absolute atomic E-state index is 12.3. The Morgan fingerprint density at radius 1 is 1.29 bits per heavy atom. The van der Waals surface area contributed by atoms with Gasteiger partial charge in [0.1, 0.15) is 0 Å². The number of piperidine rings is 1. The highest BCUT2D eigenvalue weighted by Crippen LogP contribution is 2.17. The maximum Gasteiger partial charge on any atom is 0.279 e. The molecule has 1 aliphatic rings. The van der Waals surface area contributed by atoms with Crippen molar-refractivity contribution in [2.75, 3.05) is 52.9 Å². The number of rotatable bonds is 10. The van der Waals surface area contributed by atoms with Crippen LogP contribution in [0.15, 0.2) is 0 Å². The summed E-state index contributed by atoms with van der Waals surface area (Å²) in [5.41, 5.74) is 0. The van der Waals surface area contributed by atoms with Crippen LogP contribution < -0.4 is 10.0 Å². The third-order valence-corrected chi connectivity index (χ3v) is 5.58. The number of nitrogens with one attached hydrogen (secondary N) is 2. The van der Waals surface area contributed by atoms with Crippen LogP contribution in [0.3, 0.4) is 0 Å². The molecular formula is C14H32N4O2S. The van der Waals surface area contributed by atoms with Gasteiger partial charge in [0.15, 0.2) is 0 Å². The van der Waals surface area contributed by atoms with Crippen molar-refractivity contribution in [1.29, 1.82) is 0 Å². The second kappa shape index (κ2) is 9.74. The van der Waals surface area contributed by atoms with Crippen LogP contribution in [0.4, 0.5) is 0 Å². The third-order valence-electron chi connectivity index (χ3n) is 4.00. The molecule has 0 amide bonds. The first-order valence-electron chi connectivity index (χ1n) is 8.13. The van der Waals surface area contributed by atoms with E-state index in [2.05, 4.69) is 28.8 Å². The Balaban J connectivity index is 2.39. The molecule has 7 heteroatoms. The molecule has 1 rings (SSSR count). The van der Waals surface area contributed by atoms with Gasteiger partial charge in [-0.25, -0.2) is 4.72 Å². The van der Waals surface area contributed by atoms with Crippen molar-refractivity contribution in [3.63, 3.8) is 0 Å². The third kappa shape index (κ3) is 7.06. The molecule has 1 unspecified atom stereocenters. The van der Waals surface area contributed by atoms with E-state index in [1.165, 1.54) is 0 Å². The highest BCUT2D eigenvalue weighted by molar-refractivity contribution is 7.87. The summed E-state index contributed by atoms with van der Waals surface area (Å²) in [5, 5.41) is 3.39. The largest absolute Gasteiger partial charge is 0.316 e. The maximum atomic E-state index is 12.3. The molecule has 2 N–H and O–H groups in total. The first-order chi connectivity index (χ1) is 9.99. The summed E-state index contributed by atoms with van der Waals surface area (Å²) in [4.78, 5) is 2.09. The smallest absolute Gasteiger partial charge is 0.279 e. The minimum absolute atomic E-state index is 0.431. The van der Waals surface area contributed by atoms with Gasteiger partial charge in [-0.1, -0.05) is 13.8 Å². The molecule has 0 aromatic rings. The van der Waals surface area contributed by atoms with Crippen molar-refractivity contribution in [3.8, 4) is 0 Å². The SMILES string of the molecule is CCCNCC1CCCN(S(=O)(=O)NCCN(C)CC)C1. The summed E-state index contributed by atoms with van der Waals surface area (Å²) in [7, 11) is -1.33. The topological polar surface area (TPSA) is 64.7 Å². The predicted octanol–water partition coefficient (Wildman–Crippen LogP) is 0.484. The zero-order valence-corrected chi connectivity index (χ0v) is 14.6. The minimum Gasteiger partial charge on any atom is -0.316 e. The van der Waals surface area contributed by atoms with Crippen molar-refractivity contribution in [2.45, 2.75) is 33.1 Å². The Morgan fingerprint density at radius 3 is 2.71 bits per heavy atom. The van der Waals surface area contributed by atoms with Crippen molar-refractivity contribution in [2.24, 2.45) is 5.92 Å². The first-order valence-corrected chi connectivity index (χ1v) is 9.57. The molecule has 0 aliphatic carbocycles. The molecule has 0 spiro atoms. The van der Waals surface area contributed by atoms with E-state index in [9.17, 15) is 8.42 Å². The van der Waals surface area contributed by atoms with Gasteiger partial charge in [0.25, 0.3) is 10.2 Å². The second-order valence-corrected chi connectivity index (χ2v) is 7.62. The van der Waals surface area contributed by atoms with Crippen LogP contribution in [0.1, 0.15) is 33.1 Å². The van der Waals surface area contributed by atoms with Crippen molar-refractivity contribution in [3.05, 3.63) is 0 Å². The van der Waals surface area contributed by atoms with Crippen molar-refractivity contribution < 1.29 is 8.42 Å². The molecule has 1 fully saturated rings. The van der Waals surface area contributed by atoms with Crippen molar-refractivity contribution >= 4 is 10.2 Å². The van der Waals surface area contributed by atoms with E-state index >= 15 is 0 Å². The molecule has 1 atom stereocenters. The van der Waals surface area contributed by atoms with E-state index in [4.69, 9.17) is 0 Å². The van der Waals surface area contributed by atoms with Gasteiger partial charge in [0.05, 0.1) is 0 Å². The molecule has 0 bridgehead atoms. The molecule has 0 saturated carbocycles. The highest BCUT2D eigenvalue weighted by atomic mass is 32.2. The minimum atomic E-state index is -3.32.